The maximum atomic E-state index is 12.2. The lowest BCUT2D eigenvalue weighted by Gasteiger charge is -2.18. The minimum absolute atomic E-state index is 0.103. The van der Waals surface area contributed by atoms with Gasteiger partial charge in [-0.3, -0.25) is 20.4 Å². The number of nitrogens with one attached hydrogen (secondary N) is 2. The van der Waals surface area contributed by atoms with Crippen LogP contribution in [-0.4, -0.2) is 44.6 Å². The molecule has 1 aliphatic rings. The Labute approximate surface area is 147 Å². The zero-order chi connectivity index (χ0) is 18.1. The predicted molar refractivity (Wildman–Crippen MR) is 87.9 cm³/mol. The molecule has 1 aliphatic heterocycles. The number of fused-ring (bicyclic) bond motifs is 2. The Kier molecular flexibility index (Phi) is 3.84. The predicted octanol–water partition coefficient (Wildman–Crippen LogP) is 0.279. The smallest absolute Gasteiger partial charge is 0.309 e. The second-order valence-electron chi connectivity index (χ2n) is 5.50. The van der Waals surface area contributed by atoms with E-state index in [4.69, 9.17) is 9.47 Å². The van der Waals surface area contributed by atoms with Crippen molar-refractivity contribution in [2.24, 2.45) is 0 Å². The zero-order valence-electron chi connectivity index (χ0n) is 13.7. The van der Waals surface area contributed by atoms with Gasteiger partial charge < -0.3 is 9.47 Å². The third-order valence-electron chi connectivity index (χ3n) is 3.73. The van der Waals surface area contributed by atoms with Gasteiger partial charge in [0.15, 0.2) is 11.5 Å². The number of aromatic nitrogens is 4. The van der Waals surface area contributed by atoms with Crippen molar-refractivity contribution in [2.75, 3.05) is 13.2 Å². The summed E-state index contributed by atoms with van der Waals surface area (Å²) in [6.45, 7) is 2.70. The highest BCUT2D eigenvalue weighted by atomic mass is 16.6. The minimum atomic E-state index is -0.652. The quantitative estimate of drug-likeness (QED) is 0.634. The summed E-state index contributed by atoms with van der Waals surface area (Å²) in [5.41, 5.74) is 5.69. The number of nitrogens with zero attached hydrogens (tertiary/aromatic N) is 4. The summed E-state index contributed by atoms with van der Waals surface area (Å²) in [6.07, 6.45) is 1.57. The summed E-state index contributed by atoms with van der Waals surface area (Å²) in [5, 5.41) is 4.06. The Morgan fingerprint density at radius 1 is 1.08 bits per heavy atom. The highest BCUT2D eigenvalue weighted by Gasteiger charge is 2.17. The van der Waals surface area contributed by atoms with Crippen LogP contribution in [0.2, 0.25) is 0 Å². The first-order chi connectivity index (χ1) is 12.6. The van der Waals surface area contributed by atoms with E-state index >= 15 is 0 Å². The van der Waals surface area contributed by atoms with Gasteiger partial charge in [0, 0.05) is 17.5 Å². The molecular weight excluding hydrogens is 340 g/mol. The van der Waals surface area contributed by atoms with Crippen molar-refractivity contribution in [3.63, 3.8) is 0 Å². The number of rotatable bonds is 2. The molecule has 3 aromatic rings. The molecule has 0 unspecified atom stereocenters. The van der Waals surface area contributed by atoms with E-state index in [1.807, 2.05) is 6.92 Å². The summed E-state index contributed by atoms with van der Waals surface area (Å²) < 4.78 is 12.3. The fourth-order valence-corrected chi connectivity index (χ4v) is 2.43. The Balaban J connectivity index is 1.45. The number of aryl methyl sites for hydroxylation is 1. The normalized spacial score (nSPS) is 12.7. The van der Waals surface area contributed by atoms with Crippen LogP contribution in [-0.2, 0) is 0 Å². The Hall–Kier alpha value is -3.69. The van der Waals surface area contributed by atoms with Crippen molar-refractivity contribution < 1.29 is 19.1 Å². The first-order valence-corrected chi connectivity index (χ1v) is 7.80. The van der Waals surface area contributed by atoms with Crippen molar-refractivity contribution in [3.05, 3.63) is 47.5 Å². The van der Waals surface area contributed by atoms with Crippen molar-refractivity contribution in [1.82, 2.24) is 30.4 Å². The SMILES string of the molecule is Cc1ccnc2nc(C(=O)NNC(=O)c3ccc4c(c3)OCCO4)nn12. The maximum Gasteiger partial charge on any atom is 0.309 e. The molecule has 0 bridgehead atoms. The molecule has 0 fully saturated rings. The number of hydrazine groups is 1. The Bertz CT molecular complexity index is 1020. The van der Waals surface area contributed by atoms with Gasteiger partial charge >= 0.3 is 5.91 Å². The molecule has 3 heterocycles. The summed E-state index contributed by atoms with van der Waals surface area (Å²) in [4.78, 5) is 32.4. The molecule has 0 radical (unpaired) electrons. The van der Waals surface area contributed by atoms with Gasteiger partial charge in [-0.15, -0.1) is 5.10 Å². The molecule has 0 aliphatic carbocycles. The molecule has 0 spiro atoms. The van der Waals surface area contributed by atoms with Crippen molar-refractivity contribution in [1.29, 1.82) is 0 Å². The van der Waals surface area contributed by atoms with Crippen LogP contribution in [0.15, 0.2) is 30.5 Å². The highest BCUT2D eigenvalue weighted by Crippen LogP contribution is 2.30. The monoisotopic (exact) mass is 354 g/mol. The van der Waals surface area contributed by atoms with Gasteiger partial charge in [0.05, 0.1) is 0 Å². The molecule has 2 N–H and O–H groups in total. The van der Waals surface area contributed by atoms with Gasteiger partial charge in [0.25, 0.3) is 11.7 Å². The van der Waals surface area contributed by atoms with E-state index in [0.29, 0.717) is 36.1 Å². The van der Waals surface area contributed by atoms with E-state index in [9.17, 15) is 9.59 Å². The van der Waals surface area contributed by atoms with Crippen LogP contribution in [0, 0.1) is 6.92 Å². The van der Waals surface area contributed by atoms with Crippen LogP contribution in [0.5, 0.6) is 11.5 Å². The van der Waals surface area contributed by atoms with E-state index in [0.717, 1.165) is 5.69 Å². The molecule has 10 heteroatoms. The van der Waals surface area contributed by atoms with Gasteiger partial charge in [-0.25, -0.2) is 9.50 Å². The van der Waals surface area contributed by atoms with Gasteiger partial charge in [-0.1, -0.05) is 0 Å². The first-order valence-electron chi connectivity index (χ1n) is 7.80. The van der Waals surface area contributed by atoms with Crippen LogP contribution in [0.3, 0.4) is 0 Å². The number of carbonyl (C=O) groups excluding carboxylic acids is 2. The summed E-state index contributed by atoms with van der Waals surface area (Å²) >= 11 is 0. The summed E-state index contributed by atoms with van der Waals surface area (Å²) in [7, 11) is 0. The maximum absolute atomic E-state index is 12.2. The summed E-state index contributed by atoms with van der Waals surface area (Å²) in [6, 6.07) is 6.51. The second kappa shape index (κ2) is 6.31. The van der Waals surface area contributed by atoms with Gasteiger partial charge in [-0.2, -0.15) is 4.98 Å². The van der Waals surface area contributed by atoms with Crippen molar-refractivity contribution in [3.8, 4) is 11.5 Å². The number of hydrogen-bond acceptors (Lipinski definition) is 7. The second-order valence-corrected chi connectivity index (χ2v) is 5.50. The van der Waals surface area contributed by atoms with E-state index in [1.165, 1.54) is 4.52 Å². The largest absolute Gasteiger partial charge is 0.486 e. The number of ether oxygens (including phenoxy) is 2. The van der Waals surface area contributed by atoms with Crippen LogP contribution < -0.4 is 20.3 Å². The number of hydrogen-bond donors (Lipinski definition) is 2. The van der Waals surface area contributed by atoms with E-state index in [2.05, 4.69) is 25.9 Å². The zero-order valence-corrected chi connectivity index (χ0v) is 13.7. The Morgan fingerprint density at radius 3 is 2.65 bits per heavy atom. The highest BCUT2D eigenvalue weighted by molar-refractivity contribution is 5.98. The number of carbonyl (C=O) groups is 2. The topological polar surface area (TPSA) is 120 Å². The molecule has 4 rings (SSSR count). The fourth-order valence-electron chi connectivity index (χ4n) is 2.43. The third-order valence-corrected chi connectivity index (χ3v) is 3.73. The lowest BCUT2D eigenvalue weighted by atomic mass is 10.2. The molecule has 0 saturated heterocycles. The lowest BCUT2D eigenvalue weighted by molar-refractivity contribution is 0.0840. The fraction of sp³-hybridized carbons (Fsp3) is 0.188. The molecule has 1 aromatic carbocycles. The third kappa shape index (κ3) is 2.88. The van der Waals surface area contributed by atoms with Crippen LogP contribution in [0.1, 0.15) is 26.7 Å². The average Bonchev–Trinajstić information content (AvgIpc) is 3.11. The minimum Gasteiger partial charge on any atom is -0.486 e. The van der Waals surface area contributed by atoms with Gasteiger partial charge in [0.1, 0.15) is 13.2 Å². The van der Waals surface area contributed by atoms with Gasteiger partial charge in [-0.05, 0) is 31.2 Å². The van der Waals surface area contributed by atoms with E-state index in [1.54, 1.807) is 30.5 Å². The summed E-state index contributed by atoms with van der Waals surface area (Å²) in [5.74, 6) is 0.101. The molecule has 132 valence electrons. The average molecular weight is 354 g/mol. The molecule has 0 atom stereocenters. The standard InChI is InChI=1S/C16H14N6O4/c1-9-4-5-17-16-18-13(21-22(9)16)15(24)20-19-14(23)10-2-3-11-12(8-10)26-7-6-25-11/h2-5,8H,6-7H2,1H3,(H,19,23)(H,20,24). The molecule has 0 saturated carbocycles. The molecule has 2 amide bonds. The molecule has 2 aromatic heterocycles. The number of benzene rings is 1. The lowest BCUT2D eigenvalue weighted by Crippen LogP contribution is -2.42. The molecule has 10 nitrogen and oxygen atoms in total. The van der Waals surface area contributed by atoms with Crippen molar-refractivity contribution >= 4 is 17.6 Å². The van der Waals surface area contributed by atoms with E-state index < -0.39 is 11.8 Å². The van der Waals surface area contributed by atoms with Gasteiger partial charge in [0.2, 0.25) is 5.82 Å². The molecule has 26 heavy (non-hydrogen) atoms. The van der Waals surface area contributed by atoms with Crippen LogP contribution in [0.4, 0.5) is 0 Å². The Morgan fingerprint density at radius 2 is 1.85 bits per heavy atom. The molecular formula is C16H14N6O4. The number of amides is 2. The van der Waals surface area contributed by atoms with E-state index in [-0.39, 0.29) is 5.82 Å². The first kappa shape index (κ1) is 15.8. The van der Waals surface area contributed by atoms with Crippen LogP contribution >= 0.6 is 0 Å². The van der Waals surface area contributed by atoms with Crippen molar-refractivity contribution in [2.45, 2.75) is 6.92 Å². The van der Waals surface area contributed by atoms with Crippen LogP contribution in [0.25, 0.3) is 5.78 Å².